The summed E-state index contributed by atoms with van der Waals surface area (Å²) >= 11 is 0. The highest BCUT2D eigenvalue weighted by atomic mass is 32.2. The largest absolute Gasteiger partial charge is 0.496 e. The minimum Gasteiger partial charge on any atom is -0.496 e. The first-order valence-corrected chi connectivity index (χ1v) is 9.11. The number of sulfonamides is 1. The van der Waals surface area contributed by atoms with E-state index in [1.165, 1.54) is 19.2 Å². The van der Waals surface area contributed by atoms with Crippen molar-refractivity contribution in [2.45, 2.75) is 11.8 Å². The topological polar surface area (TPSA) is 128 Å². The van der Waals surface area contributed by atoms with Crippen LogP contribution in [0.1, 0.15) is 15.9 Å². The van der Waals surface area contributed by atoms with E-state index in [1.807, 2.05) is 0 Å². The third kappa shape index (κ3) is 4.80. The number of rotatable bonds is 6. The quantitative estimate of drug-likeness (QED) is 0.692. The number of nitrogens with one attached hydrogen (secondary N) is 2. The second-order valence-electron chi connectivity index (χ2n) is 5.46. The van der Waals surface area contributed by atoms with Crippen LogP contribution in [-0.4, -0.2) is 33.9 Å². The molecule has 0 aliphatic rings. The maximum atomic E-state index is 12.1. The Kier molecular flexibility index (Phi) is 5.96. The summed E-state index contributed by atoms with van der Waals surface area (Å²) in [5.74, 6) is -0.592. The number of hydrogen-bond donors (Lipinski definition) is 3. The molecule has 4 N–H and O–H groups in total. The van der Waals surface area contributed by atoms with Gasteiger partial charge < -0.3 is 15.4 Å². The fourth-order valence-electron chi connectivity index (χ4n) is 2.28. The summed E-state index contributed by atoms with van der Waals surface area (Å²) in [6.45, 7) is 1.30. The molecule has 2 aromatic carbocycles. The molecule has 0 aliphatic heterocycles. The van der Waals surface area contributed by atoms with Gasteiger partial charge in [0.05, 0.1) is 24.1 Å². The van der Waals surface area contributed by atoms with Crippen LogP contribution < -0.4 is 20.5 Å². The molecule has 0 unspecified atom stereocenters. The zero-order chi connectivity index (χ0) is 19.3. The fourth-order valence-corrected chi connectivity index (χ4v) is 3.09. The Morgan fingerprint density at radius 2 is 1.85 bits per heavy atom. The zero-order valence-corrected chi connectivity index (χ0v) is 15.1. The summed E-state index contributed by atoms with van der Waals surface area (Å²) in [7, 11) is -2.45. The average molecular weight is 377 g/mol. The molecule has 26 heavy (non-hydrogen) atoms. The molecule has 0 heterocycles. The molecule has 2 rings (SSSR count). The van der Waals surface area contributed by atoms with E-state index in [9.17, 15) is 18.0 Å². The standard InChI is InChI=1S/C17H19N3O5S/c1-11-7-8-12(9-15(11)26(18,23)24)20-16(21)10-19-17(22)13-5-3-4-6-14(13)25-2/h3-9H,10H2,1-2H3,(H,19,22)(H,20,21)(H2,18,23,24). The lowest BCUT2D eigenvalue weighted by Gasteiger charge is -2.11. The van der Waals surface area contributed by atoms with Gasteiger partial charge in [-0.1, -0.05) is 18.2 Å². The molecule has 9 heteroatoms. The van der Waals surface area contributed by atoms with Crippen LogP contribution in [0.25, 0.3) is 0 Å². The molecule has 0 aromatic heterocycles. The lowest BCUT2D eigenvalue weighted by atomic mass is 10.2. The van der Waals surface area contributed by atoms with E-state index in [0.717, 1.165) is 0 Å². The molecule has 0 saturated heterocycles. The minimum atomic E-state index is -3.90. The van der Waals surface area contributed by atoms with Crippen molar-refractivity contribution < 1.29 is 22.7 Å². The van der Waals surface area contributed by atoms with Crippen molar-refractivity contribution in [2.24, 2.45) is 5.14 Å². The Bertz CT molecular complexity index is 941. The maximum Gasteiger partial charge on any atom is 0.255 e. The molecular weight excluding hydrogens is 358 g/mol. The predicted octanol–water partition coefficient (Wildman–Crippen LogP) is 1.02. The first-order valence-electron chi connectivity index (χ1n) is 7.57. The molecule has 8 nitrogen and oxygen atoms in total. The number of aryl methyl sites for hydroxylation is 1. The van der Waals surface area contributed by atoms with E-state index in [4.69, 9.17) is 9.88 Å². The van der Waals surface area contributed by atoms with Crippen LogP contribution in [-0.2, 0) is 14.8 Å². The van der Waals surface area contributed by atoms with Crippen LogP contribution in [0.3, 0.4) is 0 Å². The van der Waals surface area contributed by atoms with Crippen LogP contribution in [0.15, 0.2) is 47.4 Å². The minimum absolute atomic E-state index is 0.0756. The first kappa shape index (κ1) is 19.4. The highest BCUT2D eigenvalue weighted by Gasteiger charge is 2.15. The summed E-state index contributed by atoms with van der Waals surface area (Å²) in [6, 6.07) is 11.0. The molecule has 0 atom stereocenters. The summed E-state index contributed by atoms with van der Waals surface area (Å²) in [6.07, 6.45) is 0. The normalized spacial score (nSPS) is 10.9. The molecule has 2 aromatic rings. The molecule has 0 spiro atoms. The number of amides is 2. The van der Waals surface area contributed by atoms with Crippen molar-refractivity contribution in [2.75, 3.05) is 19.0 Å². The number of primary sulfonamides is 1. The molecule has 0 saturated carbocycles. The lowest BCUT2D eigenvalue weighted by molar-refractivity contribution is -0.115. The number of anilines is 1. The highest BCUT2D eigenvalue weighted by molar-refractivity contribution is 7.89. The fraction of sp³-hybridized carbons (Fsp3) is 0.176. The van der Waals surface area contributed by atoms with E-state index in [-0.39, 0.29) is 17.1 Å². The van der Waals surface area contributed by atoms with Crippen molar-refractivity contribution in [3.8, 4) is 5.75 Å². The van der Waals surface area contributed by atoms with Crippen LogP contribution in [0, 0.1) is 6.92 Å². The van der Waals surface area contributed by atoms with Crippen LogP contribution >= 0.6 is 0 Å². The zero-order valence-electron chi connectivity index (χ0n) is 14.3. The molecule has 0 radical (unpaired) electrons. The van der Waals surface area contributed by atoms with Gasteiger partial charge in [-0.15, -0.1) is 0 Å². The summed E-state index contributed by atoms with van der Waals surface area (Å²) < 4.78 is 28.1. The van der Waals surface area contributed by atoms with Gasteiger partial charge in [-0.25, -0.2) is 13.6 Å². The number of nitrogens with two attached hydrogens (primary N) is 1. The Labute approximate surface area is 151 Å². The summed E-state index contributed by atoms with van der Waals surface area (Å²) in [5.41, 5.74) is 1.03. The number of para-hydroxylation sites is 1. The number of carbonyl (C=O) groups excluding carboxylic acids is 2. The van der Waals surface area contributed by atoms with E-state index in [1.54, 1.807) is 37.3 Å². The number of methoxy groups -OCH3 is 1. The van der Waals surface area contributed by atoms with Gasteiger partial charge in [0.25, 0.3) is 5.91 Å². The van der Waals surface area contributed by atoms with Crippen LogP contribution in [0.2, 0.25) is 0 Å². The molecule has 0 fully saturated rings. The van der Waals surface area contributed by atoms with Crippen molar-refractivity contribution in [1.29, 1.82) is 0 Å². The van der Waals surface area contributed by atoms with Crippen molar-refractivity contribution >= 4 is 27.5 Å². The van der Waals surface area contributed by atoms with Gasteiger partial charge in [0, 0.05) is 5.69 Å². The Balaban J connectivity index is 2.02. The average Bonchev–Trinajstić information content (AvgIpc) is 2.60. The molecular formula is C17H19N3O5S. The van der Waals surface area contributed by atoms with E-state index in [2.05, 4.69) is 10.6 Å². The van der Waals surface area contributed by atoms with Gasteiger partial charge in [-0.2, -0.15) is 0 Å². The molecule has 138 valence electrons. The van der Waals surface area contributed by atoms with Crippen molar-refractivity contribution in [3.05, 3.63) is 53.6 Å². The smallest absolute Gasteiger partial charge is 0.255 e. The monoisotopic (exact) mass is 377 g/mol. The second kappa shape index (κ2) is 7.98. The van der Waals surface area contributed by atoms with Gasteiger partial charge >= 0.3 is 0 Å². The molecule has 0 bridgehead atoms. The highest BCUT2D eigenvalue weighted by Crippen LogP contribution is 2.19. The van der Waals surface area contributed by atoms with Gasteiger partial charge in [0.1, 0.15) is 5.75 Å². The van der Waals surface area contributed by atoms with Crippen molar-refractivity contribution in [1.82, 2.24) is 5.32 Å². The molecule has 2 amide bonds. The van der Waals surface area contributed by atoms with Gasteiger partial charge in [0.15, 0.2) is 0 Å². The first-order chi connectivity index (χ1) is 12.2. The Hall–Kier alpha value is -2.91. The number of hydrogen-bond acceptors (Lipinski definition) is 5. The van der Waals surface area contributed by atoms with Crippen molar-refractivity contribution in [3.63, 3.8) is 0 Å². The third-order valence-electron chi connectivity index (χ3n) is 3.54. The van der Waals surface area contributed by atoms with Gasteiger partial charge in [-0.05, 0) is 36.8 Å². The Morgan fingerprint density at radius 3 is 2.50 bits per heavy atom. The summed E-state index contributed by atoms with van der Waals surface area (Å²) in [5, 5.41) is 10.1. The SMILES string of the molecule is COc1ccccc1C(=O)NCC(=O)Nc1ccc(C)c(S(N)(=O)=O)c1. The number of ether oxygens (including phenoxy) is 1. The molecule has 0 aliphatic carbocycles. The van der Waals surface area contributed by atoms with E-state index < -0.39 is 21.8 Å². The van der Waals surface area contributed by atoms with Gasteiger partial charge in [-0.3, -0.25) is 9.59 Å². The maximum absolute atomic E-state index is 12.1. The Morgan fingerprint density at radius 1 is 1.15 bits per heavy atom. The van der Waals surface area contributed by atoms with Crippen LogP contribution in [0.5, 0.6) is 5.75 Å². The summed E-state index contributed by atoms with van der Waals surface area (Å²) in [4.78, 5) is 24.1. The van der Waals surface area contributed by atoms with Crippen LogP contribution in [0.4, 0.5) is 5.69 Å². The second-order valence-corrected chi connectivity index (χ2v) is 6.99. The predicted molar refractivity (Wildman–Crippen MR) is 96.5 cm³/mol. The van der Waals surface area contributed by atoms with E-state index in [0.29, 0.717) is 16.9 Å². The van der Waals surface area contributed by atoms with E-state index >= 15 is 0 Å². The third-order valence-corrected chi connectivity index (χ3v) is 4.59. The number of carbonyl (C=O) groups is 2. The number of benzene rings is 2. The lowest BCUT2D eigenvalue weighted by Crippen LogP contribution is -2.33. The van der Waals surface area contributed by atoms with Gasteiger partial charge in [0.2, 0.25) is 15.9 Å².